The van der Waals surface area contributed by atoms with Crippen LogP contribution in [0, 0.1) is 11.8 Å². The second kappa shape index (κ2) is 7.46. The Hall–Kier alpha value is -1.55. The number of rotatable bonds is 4. The van der Waals surface area contributed by atoms with Crippen LogP contribution in [0.2, 0.25) is 0 Å². The minimum atomic E-state index is 0.241. The molecular formula is C23H33N3O. The zero-order chi connectivity index (χ0) is 18.2. The summed E-state index contributed by atoms with van der Waals surface area (Å²) in [6, 6.07) is 9.01. The van der Waals surface area contributed by atoms with Crippen molar-refractivity contribution in [3.8, 4) is 0 Å². The van der Waals surface area contributed by atoms with Crippen molar-refractivity contribution in [3.05, 3.63) is 29.8 Å². The Morgan fingerprint density at radius 3 is 2.41 bits per heavy atom. The number of benzene rings is 1. The minimum Gasteiger partial charge on any atom is -0.372 e. The lowest BCUT2D eigenvalue weighted by molar-refractivity contribution is 0.0737. The third kappa shape index (κ3) is 3.87. The molecule has 4 heterocycles. The standard InChI is InChI=1S/C23H33N3O/c27-23(20-7-10-21(11-8-20)24-12-2-1-3-13-24)26-16-19-6-9-22(17-26)25(15-19)14-18-4-5-18/h7-8,10-11,18-19,22H,1-6,9,12-17H2/t19-,22-/m1/s1. The van der Waals surface area contributed by atoms with Gasteiger partial charge in [-0.05, 0) is 81.0 Å². The molecule has 5 fully saturated rings. The number of carbonyl (C=O) groups excluding carboxylic acids is 1. The van der Waals surface area contributed by atoms with Crippen molar-refractivity contribution in [2.75, 3.05) is 44.2 Å². The van der Waals surface area contributed by atoms with Crippen LogP contribution >= 0.6 is 0 Å². The zero-order valence-corrected chi connectivity index (χ0v) is 16.5. The fraction of sp³-hybridized carbons (Fsp3) is 0.696. The highest BCUT2D eigenvalue weighted by Gasteiger charge is 2.38. The van der Waals surface area contributed by atoms with E-state index in [1.807, 2.05) is 0 Å². The first-order chi connectivity index (χ1) is 13.3. The van der Waals surface area contributed by atoms with Gasteiger partial charge in [0.25, 0.3) is 5.91 Å². The lowest BCUT2D eigenvalue weighted by atomic mass is 9.95. The van der Waals surface area contributed by atoms with Crippen LogP contribution in [-0.2, 0) is 0 Å². The van der Waals surface area contributed by atoms with E-state index in [0.29, 0.717) is 12.0 Å². The summed E-state index contributed by atoms with van der Waals surface area (Å²) in [5, 5.41) is 0. The maximum Gasteiger partial charge on any atom is 0.253 e. The quantitative estimate of drug-likeness (QED) is 0.813. The molecule has 0 aromatic heterocycles. The van der Waals surface area contributed by atoms with Crippen molar-refractivity contribution >= 4 is 11.6 Å². The van der Waals surface area contributed by atoms with E-state index in [2.05, 4.69) is 39.0 Å². The molecule has 0 N–H and O–H groups in total. The molecule has 2 atom stereocenters. The van der Waals surface area contributed by atoms with Crippen LogP contribution in [0.25, 0.3) is 0 Å². The summed E-state index contributed by atoms with van der Waals surface area (Å²) < 4.78 is 0. The smallest absolute Gasteiger partial charge is 0.253 e. The van der Waals surface area contributed by atoms with Crippen LogP contribution in [0.3, 0.4) is 0 Å². The number of hydrogen-bond acceptors (Lipinski definition) is 3. The number of nitrogens with zero attached hydrogens (tertiary/aromatic N) is 3. The topological polar surface area (TPSA) is 26.8 Å². The monoisotopic (exact) mass is 367 g/mol. The molecule has 4 aliphatic heterocycles. The maximum atomic E-state index is 13.2. The fourth-order valence-corrected chi connectivity index (χ4v) is 5.35. The minimum absolute atomic E-state index is 0.241. The number of anilines is 1. The van der Waals surface area contributed by atoms with Crippen molar-refractivity contribution in [3.63, 3.8) is 0 Å². The van der Waals surface area contributed by atoms with Crippen LogP contribution in [0.5, 0.6) is 0 Å². The fourth-order valence-electron chi connectivity index (χ4n) is 5.35. The summed E-state index contributed by atoms with van der Waals surface area (Å²) in [6.07, 6.45) is 9.32. The third-order valence-electron chi connectivity index (χ3n) is 7.14. The second-order valence-electron chi connectivity index (χ2n) is 9.30. The van der Waals surface area contributed by atoms with E-state index in [9.17, 15) is 4.79 Å². The average Bonchev–Trinajstić information content (AvgIpc) is 3.56. The zero-order valence-electron chi connectivity index (χ0n) is 16.5. The first-order valence-electron chi connectivity index (χ1n) is 11.1. The van der Waals surface area contributed by atoms with Crippen molar-refractivity contribution in [2.24, 2.45) is 11.8 Å². The van der Waals surface area contributed by atoms with Crippen molar-refractivity contribution < 1.29 is 4.79 Å². The van der Waals surface area contributed by atoms with Gasteiger partial charge in [0.15, 0.2) is 0 Å². The Kier molecular flexibility index (Phi) is 4.85. The van der Waals surface area contributed by atoms with Gasteiger partial charge in [-0.3, -0.25) is 9.69 Å². The predicted octanol–water partition coefficient (Wildman–Crippen LogP) is 3.62. The van der Waals surface area contributed by atoms with Gasteiger partial charge >= 0.3 is 0 Å². The van der Waals surface area contributed by atoms with Crippen molar-refractivity contribution in [2.45, 2.75) is 51.0 Å². The van der Waals surface area contributed by atoms with Crippen molar-refractivity contribution in [1.29, 1.82) is 0 Å². The molecule has 4 saturated heterocycles. The van der Waals surface area contributed by atoms with Gasteiger partial charge in [-0.25, -0.2) is 0 Å². The summed E-state index contributed by atoms with van der Waals surface area (Å²) in [6.45, 7) is 6.66. The van der Waals surface area contributed by atoms with E-state index < -0.39 is 0 Å². The number of fused-ring (bicyclic) bond motifs is 4. The molecule has 6 rings (SSSR count). The van der Waals surface area contributed by atoms with Gasteiger partial charge < -0.3 is 9.80 Å². The van der Waals surface area contributed by atoms with E-state index in [1.165, 1.54) is 63.7 Å². The SMILES string of the molecule is O=C(c1ccc(N2CCCCC2)cc1)N1C[C@@H]2CC[C@H](C1)N(CC1CC1)C2. The van der Waals surface area contributed by atoms with Crippen LogP contribution in [0.15, 0.2) is 24.3 Å². The second-order valence-corrected chi connectivity index (χ2v) is 9.30. The average molecular weight is 368 g/mol. The van der Waals surface area contributed by atoms with Crippen LogP contribution in [0.4, 0.5) is 5.69 Å². The van der Waals surface area contributed by atoms with E-state index in [0.717, 1.165) is 37.7 Å². The van der Waals surface area contributed by atoms with Gasteiger partial charge in [0.2, 0.25) is 0 Å². The molecule has 0 radical (unpaired) electrons. The summed E-state index contributed by atoms with van der Waals surface area (Å²) >= 11 is 0. The maximum absolute atomic E-state index is 13.2. The summed E-state index contributed by atoms with van der Waals surface area (Å²) in [7, 11) is 0. The summed E-state index contributed by atoms with van der Waals surface area (Å²) in [5.41, 5.74) is 2.14. The van der Waals surface area contributed by atoms with Gasteiger partial charge in [-0.2, -0.15) is 0 Å². The largest absolute Gasteiger partial charge is 0.372 e. The van der Waals surface area contributed by atoms with E-state index >= 15 is 0 Å². The molecular weight excluding hydrogens is 334 g/mol. The summed E-state index contributed by atoms with van der Waals surface area (Å²) in [5.74, 6) is 1.85. The Bertz CT molecular complexity index is 663. The van der Waals surface area contributed by atoms with Gasteiger partial charge in [0.1, 0.15) is 0 Å². The van der Waals surface area contributed by atoms with Gasteiger partial charge in [0.05, 0.1) is 0 Å². The molecule has 2 bridgehead atoms. The molecule has 1 aliphatic carbocycles. The van der Waals surface area contributed by atoms with Crippen LogP contribution in [0.1, 0.15) is 55.3 Å². The normalized spacial score (nSPS) is 29.0. The molecule has 1 amide bonds. The molecule has 1 saturated carbocycles. The number of carbonyl (C=O) groups is 1. The molecule has 146 valence electrons. The van der Waals surface area contributed by atoms with Crippen LogP contribution in [-0.4, -0.2) is 61.0 Å². The van der Waals surface area contributed by atoms with Crippen molar-refractivity contribution in [1.82, 2.24) is 9.80 Å². The van der Waals surface area contributed by atoms with E-state index in [-0.39, 0.29) is 5.91 Å². The molecule has 4 heteroatoms. The Morgan fingerprint density at radius 1 is 0.889 bits per heavy atom. The van der Waals surface area contributed by atoms with E-state index in [1.54, 1.807) is 0 Å². The van der Waals surface area contributed by atoms with Gasteiger partial charge in [0, 0.05) is 56.6 Å². The van der Waals surface area contributed by atoms with Gasteiger partial charge in [-0.1, -0.05) is 0 Å². The highest BCUT2D eigenvalue weighted by Crippen LogP contribution is 2.35. The molecule has 27 heavy (non-hydrogen) atoms. The molecule has 5 aliphatic rings. The molecule has 4 nitrogen and oxygen atoms in total. The first kappa shape index (κ1) is 17.5. The van der Waals surface area contributed by atoms with Gasteiger partial charge in [-0.15, -0.1) is 0 Å². The number of hydrogen-bond donors (Lipinski definition) is 0. The Morgan fingerprint density at radius 2 is 1.67 bits per heavy atom. The highest BCUT2D eigenvalue weighted by atomic mass is 16.2. The first-order valence-corrected chi connectivity index (χ1v) is 11.1. The Balaban J connectivity index is 1.26. The molecule has 0 spiro atoms. The molecule has 0 unspecified atom stereocenters. The highest BCUT2D eigenvalue weighted by molar-refractivity contribution is 5.94. The summed E-state index contributed by atoms with van der Waals surface area (Å²) in [4.78, 5) is 20.5. The lowest BCUT2D eigenvalue weighted by Crippen LogP contribution is -2.45. The molecule has 1 aromatic carbocycles. The number of piperidine rings is 2. The van der Waals surface area contributed by atoms with Crippen LogP contribution < -0.4 is 4.90 Å². The van der Waals surface area contributed by atoms with E-state index in [4.69, 9.17) is 0 Å². The lowest BCUT2D eigenvalue weighted by Gasteiger charge is -2.36. The predicted molar refractivity (Wildman–Crippen MR) is 109 cm³/mol. The Labute approximate surface area is 163 Å². The number of amides is 1. The third-order valence-corrected chi connectivity index (χ3v) is 7.14. The molecule has 1 aromatic rings.